The fraction of sp³-hybridized carbons (Fsp3) is 0.667. The van der Waals surface area contributed by atoms with Crippen molar-refractivity contribution in [3.8, 4) is 0 Å². The van der Waals surface area contributed by atoms with Gasteiger partial charge in [-0.25, -0.2) is 9.97 Å². The van der Waals surface area contributed by atoms with Crippen LogP contribution in [0.2, 0.25) is 5.15 Å². The number of likely N-dealkylation sites (tertiary alicyclic amines) is 1. The molecule has 2 heterocycles. The molecular weight excluding hydrogens is 222 g/mol. The van der Waals surface area contributed by atoms with Crippen LogP contribution >= 0.6 is 11.6 Å². The number of halogens is 1. The van der Waals surface area contributed by atoms with E-state index in [0.717, 1.165) is 30.0 Å². The molecule has 2 atom stereocenters. The van der Waals surface area contributed by atoms with Crippen molar-refractivity contribution in [3.05, 3.63) is 22.7 Å². The first-order valence-corrected chi connectivity index (χ1v) is 6.32. The van der Waals surface area contributed by atoms with Crippen LogP contribution in [0.4, 0.5) is 0 Å². The van der Waals surface area contributed by atoms with Crippen molar-refractivity contribution in [1.82, 2.24) is 14.9 Å². The molecule has 2 unspecified atom stereocenters. The molecule has 0 spiro atoms. The first-order valence-electron chi connectivity index (χ1n) is 5.95. The Hall–Kier alpha value is -0.670. The highest BCUT2D eigenvalue weighted by molar-refractivity contribution is 6.29. The number of aryl methyl sites for hydroxylation is 1. The van der Waals surface area contributed by atoms with E-state index in [2.05, 4.69) is 14.9 Å². The smallest absolute Gasteiger partial charge is 0.144 e. The monoisotopic (exact) mass is 237 g/mol. The van der Waals surface area contributed by atoms with Crippen LogP contribution in [0.15, 0.2) is 6.07 Å². The summed E-state index contributed by atoms with van der Waals surface area (Å²) in [6.07, 6.45) is 4.14. The van der Waals surface area contributed by atoms with E-state index >= 15 is 0 Å². The Morgan fingerprint density at radius 3 is 2.94 bits per heavy atom. The Balaban J connectivity index is 1.74. The zero-order valence-electron chi connectivity index (χ0n) is 9.49. The first kappa shape index (κ1) is 10.5. The van der Waals surface area contributed by atoms with Crippen molar-refractivity contribution in [2.45, 2.75) is 38.8 Å². The van der Waals surface area contributed by atoms with Crippen LogP contribution in [0.25, 0.3) is 0 Å². The predicted molar refractivity (Wildman–Crippen MR) is 63.3 cm³/mol. The third-order valence-corrected chi connectivity index (χ3v) is 3.93. The van der Waals surface area contributed by atoms with Crippen LogP contribution < -0.4 is 0 Å². The van der Waals surface area contributed by atoms with Gasteiger partial charge in [0.15, 0.2) is 0 Å². The average molecular weight is 238 g/mol. The number of fused-ring (bicyclic) bond motifs is 2. The van der Waals surface area contributed by atoms with Crippen molar-refractivity contribution in [1.29, 1.82) is 0 Å². The molecule has 4 heteroatoms. The van der Waals surface area contributed by atoms with Gasteiger partial charge in [0.1, 0.15) is 11.0 Å². The minimum absolute atomic E-state index is 0.562. The van der Waals surface area contributed by atoms with Crippen molar-refractivity contribution in [2.75, 3.05) is 6.54 Å². The normalized spacial score (nSPS) is 28.9. The molecule has 1 aromatic heterocycles. The van der Waals surface area contributed by atoms with Gasteiger partial charge >= 0.3 is 0 Å². The minimum Gasteiger partial charge on any atom is -0.293 e. The maximum Gasteiger partial charge on any atom is 0.144 e. The lowest BCUT2D eigenvalue weighted by atomic mass is 10.1. The van der Waals surface area contributed by atoms with Gasteiger partial charge in [0, 0.05) is 18.3 Å². The summed E-state index contributed by atoms with van der Waals surface area (Å²) < 4.78 is 0. The Labute approximate surface area is 101 Å². The predicted octanol–water partition coefficient (Wildman–Crippen LogP) is 2.42. The molecule has 2 aliphatic rings. The summed E-state index contributed by atoms with van der Waals surface area (Å²) in [5, 5.41) is 0.562. The highest BCUT2D eigenvalue weighted by atomic mass is 35.5. The number of piperidine rings is 1. The molecule has 2 fully saturated rings. The summed E-state index contributed by atoms with van der Waals surface area (Å²) >= 11 is 5.94. The number of nitrogens with zero attached hydrogens (tertiary/aromatic N) is 3. The second-order valence-electron chi connectivity index (χ2n) is 5.01. The van der Waals surface area contributed by atoms with E-state index in [0.29, 0.717) is 5.15 Å². The van der Waals surface area contributed by atoms with Gasteiger partial charge in [-0.3, -0.25) is 4.90 Å². The quantitative estimate of drug-likeness (QED) is 0.740. The number of hydrogen-bond acceptors (Lipinski definition) is 3. The topological polar surface area (TPSA) is 29.0 Å². The summed E-state index contributed by atoms with van der Waals surface area (Å²) in [5.74, 6) is 1.79. The standard InChI is InChI=1S/C12H16ClN3/c1-8-4-11(13)15-12(14-8)7-16-6-9-2-3-10(16)5-9/h4,9-10H,2-3,5-7H2,1H3. The molecule has 1 aromatic rings. The Bertz CT molecular complexity index is 387. The van der Waals surface area contributed by atoms with Crippen LogP contribution in [0.5, 0.6) is 0 Å². The van der Waals surface area contributed by atoms with Gasteiger partial charge in [-0.2, -0.15) is 0 Å². The molecule has 0 aromatic carbocycles. The molecule has 0 amide bonds. The number of aromatic nitrogens is 2. The highest BCUT2D eigenvalue weighted by Crippen LogP contribution is 2.37. The lowest BCUT2D eigenvalue weighted by Gasteiger charge is -2.25. The van der Waals surface area contributed by atoms with Crippen LogP contribution in [-0.4, -0.2) is 27.5 Å². The maximum absolute atomic E-state index is 5.94. The average Bonchev–Trinajstić information content (AvgIpc) is 2.77. The van der Waals surface area contributed by atoms with Gasteiger partial charge in [-0.15, -0.1) is 0 Å². The second kappa shape index (κ2) is 3.97. The van der Waals surface area contributed by atoms with Gasteiger partial charge < -0.3 is 0 Å². The summed E-state index contributed by atoms with van der Waals surface area (Å²) in [6.45, 7) is 4.05. The molecule has 1 saturated carbocycles. The highest BCUT2D eigenvalue weighted by Gasteiger charge is 2.37. The fourth-order valence-electron chi connectivity index (χ4n) is 3.06. The number of rotatable bonds is 2. The van der Waals surface area contributed by atoms with E-state index in [4.69, 9.17) is 11.6 Å². The lowest BCUT2D eigenvalue weighted by molar-refractivity contribution is 0.200. The zero-order valence-corrected chi connectivity index (χ0v) is 10.2. The Morgan fingerprint density at radius 2 is 2.31 bits per heavy atom. The van der Waals surface area contributed by atoms with E-state index in [1.807, 2.05) is 6.92 Å². The fourth-order valence-corrected chi connectivity index (χ4v) is 3.32. The molecular formula is C12H16ClN3. The largest absolute Gasteiger partial charge is 0.293 e. The second-order valence-corrected chi connectivity index (χ2v) is 5.40. The molecule has 1 aliphatic carbocycles. The van der Waals surface area contributed by atoms with Crippen molar-refractivity contribution in [2.24, 2.45) is 5.92 Å². The van der Waals surface area contributed by atoms with E-state index in [1.165, 1.54) is 25.8 Å². The van der Waals surface area contributed by atoms with Crippen molar-refractivity contribution < 1.29 is 0 Å². The molecule has 3 rings (SSSR count). The molecule has 0 radical (unpaired) electrons. The maximum atomic E-state index is 5.94. The molecule has 1 saturated heterocycles. The van der Waals surface area contributed by atoms with Crippen LogP contribution in [0.1, 0.15) is 30.8 Å². The third-order valence-electron chi connectivity index (χ3n) is 3.74. The summed E-state index contributed by atoms with van der Waals surface area (Å²) in [6, 6.07) is 2.58. The zero-order chi connectivity index (χ0) is 11.1. The molecule has 0 N–H and O–H groups in total. The van der Waals surface area contributed by atoms with Gasteiger partial charge in [0.05, 0.1) is 6.54 Å². The van der Waals surface area contributed by atoms with Gasteiger partial charge in [0.25, 0.3) is 0 Å². The van der Waals surface area contributed by atoms with E-state index in [-0.39, 0.29) is 0 Å². The number of hydrogen-bond donors (Lipinski definition) is 0. The summed E-state index contributed by atoms with van der Waals surface area (Å²) in [5.41, 5.74) is 0.958. The molecule has 3 nitrogen and oxygen atoms in total. The van der Waals surface area contributed by atoms with E-state index < -0.39 is 0 Å². The Morgan fingerprint density at radius 1 is 1.44 bits per heavy atom. The van der Waals surface area contributed by atoms with Crippen molar-refractivity contribution in [3.63, 3.8) is 0 Å². The molecule has 1 aliphatic heterocycles. The molecule has 16 heavy (non-hydrogen) atoms. The van der Waals surface area contributed by atoms with Crippen LogP contribution in [-0.2, 0) is 6.54 Å². The molecule has 2 bridgehead atoms. The van der Waals surface area contributed by atoms with Gasteiger partial charge in [0.2, 0.25) is 0 Å². The summed E-state index contributed by atoms with van der Waals surface area (Å²) in [7, 11) is 0. The Kier molecular flexibility index (Phi) is 2.60. The van der Waals surface area contributed by atoms with Crippen LogP contribution in [0.3, 0.4) is 0 Å². The van der Waals surface area contributed by atoms with Gasteiger partial charge in [-0.05, 0) is 38.2 Å². The van der Waals surface area contributed by atoms with Crippen molar-refractivity contribution >= 4 is 11.6 Å². The third kappa shape index (κ3) is 1.94. The first-order chi connectivity index (χ1) is 7.70. The molecule has 86 valence electrons. The van der Waals surface area contributed by atoms with Crippen LogP contribution in [0, 0.1) is 12.8 Å². The minimum atomic E-state index is 0.562. The van der Waals surface area contributed by atoms with E-state index in [1.54, 1.807) is 6.07 Å². The SMILES string of the molecule is Cc1cc(Cl)nc(CN2CC3CCC2C3)n1. The lowest BCUT2D eigenvalue weighted by Crippen LogP contribution is -2.32. The van der Waals surface area contributed by atoms with Gasteiger partial charge in [-0.1, -0.05) is 11.6 Å². The van der Waals surface area contributed by atoms with E-state index in [9.17, 15) is 0 Å². The summed E-state index contributed by atoms with van der Waals surface area (Å²) in [4.78, 5) is 11.3.